The van der Waals surface area contributed by atoms with Gasteiger partial charge in [0.05, 0.1) is 0 Å². The lowest BCUT2D eigenvalue weighted by Gasteiger charge is -2.20. The second kappa shape index (κ2) is 8.92. The smallest absolute Gasteiger partial charge is 0.261 e. The number of hydrogen-bond donors (Lipinski definition) is 1. The molecule has 1 amide bonds. The van der Waals surface area contributed by atoms with Crippen molar-refractivity contribution in [3.8, 4) is 5.75 Å². The fraction of sp³-hybridized carbons (Fsp3) is 0.632. The lowest BCUT2D eigenvalue weighted by Crippen LogP contribution is -2.39. The Bertz CT molecular complexity index is 510. The van der Waals surface area contributed by atoms with Gasteiger partial charge in [-0.15, -0.1) is 0 Å². The third kappa shape index (κ3) is 5.24. The van der Waals surface area contributed by atoms with Crippen LogP contribution in [0, 0.1) is 13.8 Å². The van der Waals surface area contributed by atoms with E-state index in [9.17, 15) is 4.79 Å². The third-order valence-electron chi connectivity index (χ3n) is 4.64. The molecule has 0 aromatic heterocycles. The summed E-state index contributed by atoms with van der Waals surface area (Å²) in [5, 5.41) is 3.02. The largest absolute Gasteiger partial charge is 0.480 e. The first-order valence-electron chi connectivity index (χ1n) is 8.84. The number of carbonyl (C=O) groups excluding carboxylic acids is 1. The van der Waals surface area contributed by atoms with E-state index in [1.165, 1.54) is 31.5 Å². The van der Waals surface area contributed by atoms with Crippen molar-refractivity contribution >= 4 is 5.91 Å². The van der Waals surface area contributed by atoms with Gasteiger partial charge in [0, 0.05) is 6.54 Å². The highest BCUT2D eigenvalue weighted by molar-refractivity contribution is 5.81. The van der Waals surface area contributed by atoms with Crippen molar-refractivity contribution in [1.29, 1.82) is 0 Å². The Morgan fingerprint density at radius 1 is 1.30 bits per heavy atom. The van der Waals surface area contributed by atoms with Crippen LogP contribution in [0.1, 0.15) is 43.7 Å². The van der Waals surface area contributed by atoms with Gasteiger partial charge in [-0.3, -0.25) is 4.79 Å². The minimum absolute atomic E-state index is 0.00479. The van der Waals surface area contributed by atoms with E-state index in [-0.39, 0.29) is 5.91 Å². The van der Waals surface area contributed by atoms with Crippen LogP contribution < -0.4 is 10.1 Å². The van der Waals surface area contributed by atoms with Crippen molar-refractivity contribution in [1.82, 2.24) is 10.2 Å². The average Bonchev–Trinajstić information content (AvgIpc) is 3.06. The molecule has 0 aliphatic carbocycles. The first-order chi connectivity index (χ1) is 11.1. The lowest BCUT2D eigenvalue weighted by molar-refractivity contribution is -0.128. The number of carbonyl (C=O) groups is 1. The van der Waals surface area contributed by atoms with Crippen LogP contribution in [0.3, 0.4) is 0 Å². The number of hydrogen-bond acceptors (Lipinski definition) is 3. The number of ether oxygens (including phenoxy) is 1. The highest BCUT2D eigenvalue weighted by Crippen LogP contribution is 2.22. The van der Waals surface area contributed by atoms with Crippen LogP contribution in [0.2, 0.25) is 0 Å². The van der Waals surface area contributed by atoms with Crippen LogP contribution in [-0.4, -0.2) is 43.1 Å². The molecule has 23 heavy (non-hydrogen) atoms. The monoisotopic (exact) mass is 318 g/mol. The topological polar surface area (TPSA) is 41.6 Å². The molecule has 0 saturated carbocycles. The summed E-state index contributed by atoms with van der Waals surface area (Å²) in [7, 11) is 0. The molecule has 1 aliphatic rings. The standard InChI is InChI=1S/C19H30N2O2/c1-4-17(23-18-10-7-9-15(2)16(18)3)19(22)20-11-8-14-21-12-5-6-13-21/h7,9-10,17H,4-6,8,11-14H2,1-3H3,(H,20,22). The summed E-state index contributed by atoms with van der Waals surface area (Å²) in [4.78, 5) is 14.8. The summed E-state index contributed by atoms with van der Waals surface area (Å²) in [6, 6.07) is 5.96. The zero-order chi connectivity index (χ0) is 16.7. The highest BCUT2D eigenvalue weighted by atomic mass is 16.5. The molecule has 1 aromatic carbocycles. The van der Waals surface area contributed by atoms with Gasteiger partial charge in [0.15, 0.2) is 6.10 Å². The Morgan fingerprint density at radius 2 is 2.04 bits per heavy atom. The second-order valence-corrected chi connectivity index (χ2v) is 6.41. The molecule has 1 N–H and O–H groups in total. The average molecular weight is 318 g/mol. The van der Waals surface area contributed by atoms with Gasteiger partial charge >= 0.3 is 0 Å². The number of nitrogens with one attached hydrogen (secondary N) is 1. The Morgan fingerprint density at radius 3 is 2.74 bits per heavy atom. The lowest BCUT2D eigenvalue weighted by atomic mass is 10.1. The molecule has 1 heterocycles. The molecule has 0 spiro atoms. The maximum absolute atomic E-state index is 12.3. The van der Waals surface area contributed by atoms with Gasteiger partial charge in [0.2, 0.25) is 0 Å². The third-order valence-corrected chi connectivity index (χ3v) is 4.64. The first-order valence-corrected chi connectivity index (χ1v) is 8.84. The van der Waals surface area contributed by atoms with Gasteiger partial charge in [0.25, 0.3) is 5.91 Å². The molecule has 1 aromatic rings. The first kappa shape index (κ1) is 17.8. The minimum Gasteiger partial charge on any atom is -0.480 e. The van der Waals surface area contributed by atoms with Gasteiger partial charge in [0.1, 0.15) is 5.75 Å². The quantitative estimate of drug-likeness (QED) is 0.749. The molecule has 128 valence electrons. The molecule has 4 nitrogen and oxygen atoms in total. The Hall–Kier alpha value is -1.55. The zero-order valence-corrected chi connectivity index (χ0v) is 14.7. The predicted octanol–water partition coefficient (Wildman–Crippen LogP) is 3.06. The van der Waals surface area contributed by atoms with E-state index in [4.69, 9.17) is 4.74 Å². The van der Waals surface area contributed by atoms with Gasteiger partial charge in [-0.05, 0) is 76.4 Å². The van der Waals surface area contributed by atoms with Crippen molar-refractivity contribution in [2.24, 2.45) is 0 Å². The van der Waals surface area contributed by atoms with E-state index in [1.54, 1.807) is 0 Å². The van der Waals surface area contributed by atoms with Gasteiger partial charge in [-0.2, -0.15) is 0 Å². The number of likely N-dealkylation sites (tertiary alicyclic amines) is 1. The van der Waals surface area contributed by atoms with E-state index in [0.29, 0.717) is 6.42 Å². The summed E-state index contributed by atoms with van der Waals surface area (Å²) >= 11 is 0. The van der Waals surface area contributed by atoms with Crippen LogP contribution >= 0.6 is 0 Å². The van der Waals surface area contributed by atoms with E-state index in [2.05, 4.69) is 23.2 Å². The predicted molar refractivity (Wildman–Crippen MR) is 93.9 cm³/mol. The Labute approximate surface area is 140 Å². The zero-order valence-electron chi connectivity index (χ0n) is 14.7. The van der Waals surface area contributed by atoms with Crippen LogP contribution in [0.4, 0.5) is 0 Å². The highest BCUT2D eigenvalue weighted by Gasteiger charge is 2.19. The summed E-state index contributed by atoms with van der Waals surface area (Å²) < 4.78 is 5.95. The fourth-order valence-electron chi connectivity index (χ4n) is 2.96. The molecular formula is C19H30N2O2. The van der Waals surface area contributed by atoms with Crippen molar-refractivity contribution in [2.75, 3.05) is 26.2 Å². The van der Waals surface area contributed by atoms with E-state index < -0.39 is 6.10 Å². The van der Waals surface area contributed by atoms with E-state index >= 15 is 0 Å². The van der Waals surface area contributed by atoms with Crippen LogP contribution in [0.15, 0.2) is 18.2 Å². The van der Waals surface area contributed by atoms with Gasteiger partial charge < -0.3 is 15.0 Å². The van der Waals surface area contributed by atoms with Crippen molar-refractivity contribution < 1.29 is 9.53 Å². The summed E-state index contributed by atoms with van der Waals surface area (Å²) in [5.74, 6) is 0.805. The number of rotatable bonds is 8. The molecule has 2 rings (SSSR count). The van der Waals surface area contributed by atoms with Crippen molar-refractivity contribution in [3.05, 3.63) is 29.3 Å². The maximum atomic E-state index is 12.3. The molecule has 1 atom stereocenters. The minimum atomic E-state index is -0.415. The number of nitrogens with zero attached hydrogens (tertiary/aromatic N) is 1. The SMILES string of the molecule is CCC(Oc1cccc(C)c1C)C(=O)NCCCN1CCCC1. The number of aryl methyl sites for hydroxylation is 1. The number of benzene rings is 1. The van der Waals surface area contributed by atoms with E-state index in [1.807, 2.05) is 26.0 Å². The van der Waals surface area contributed by atoms with Crippen LogP contribution in [0.25, 0.3) is 0 Å². The van der Waals surface area contributed by atoms with Gasteiger partial charge in [-0.1, -0.05) is 19.1 Å². The summed E-state index contributed by atoms with van der Waals surface area (Å²) in [6.45, 7) is 10.3. The van der Waals surface area contributed by atoms with Crippen molar-refractivity contribution in [3.63, 3.8) is 0 Å². The van der Waals surface area contributed by atoms with Crippen LogP contribution in [0.5, 0.6) is 5.75 Å². The Kier molecular flexibility index (Phi) is 6.90. The summed E-state index contributed by atoms with van der Waals surface area (Å²) in [6.07, 6.45) is 3.89. The summed E-state index contributed by atoms with van der Waals surface area (Å²) in [5.41, 5.74) is 2.29. The Balaban J connectivity index is 1.77. The molecule has 1 fully saturated rings. The van der Waals surface area contributed by atoms with E-state index in [0.717, 1.165) is 30.8 Å². The molecule has 1 aliphatic heterocycles. The fourth-order valence-corrected chi connectivity index (χ4v) is 2.96. The van der Waals surface area contributed by atoms with Crippen molar-refractivity contribution in [2.45, 2.75) is 52.6 Å². The molecule has 1 saturated heterocycles. The second-order valence-electron chi connectivity index (χ2n) is 6.41. The van der Waals surface area contributed by atoms with Crippen LogP contribution in [-0.2, 0) is 4.79 Å². The molecule has 1 unspecified atom stereocenters. The maximum Gasteiger partial charge on any atom is 0.261 e. The number of amides is 1. The molecule has 4 heteroatoms. The molecule has 0 bridgehead atoms. The normalized spacial score (nSPS) is 16.3. The molecule has 0 radical (unpaired) electrons. The molecular weight excluding hydrogens is 288 g/mol. The van der Waals surface area contributed by atoms with Gasteiger partial charge in [-0.25, -0.2) is 0 Å².